The number of halogens is 3. The summed E-state index contributed by atoms with van der Waals surface area (Å²) in [5, 5.41) is 0. The van der Waals surface area contributed by atoms with Crippen LogP contribution in [0.2, 0.25) is 0 Å². The van der Waals surface area contributed by atoms with Crippen molar-refractivity contribution in [2.24, 2.45) is 5.92 Å². The highest BCUT2D eigenvalue weighted by Gasteiger charge is 2.20. The Morgan fingerprint density at radius 2 is 1.68 bits per heavy atom. The van der Waals surface area contributed by atoms with Crippen LogP contribution in [0, 0.1) is 30.3 Å². The molecule has 2 aromatic carbocycles. The Labute approximate surface area is 166 Å². The molecule has 144 valence electrons. The molecule has 0 atom stereocenters. The molecule has 1 aliphatic carbocycles. The topological polar surface area (TPSA) is 9.23 Å². The minimum atomic E-state index is -1.10. The van der Waals surface area contributed by atoms with Gasteiger partial charge >= 0.3 is 0 Å². The Bertz CT molecular complexity index is 1030. The van der Waals surface area contributed by atoms with Crippen LogP contribution >= 0.6 is 11.3 Å². The minimum absolute atomic E-state index is 0.0278. The molecule has 5 heteroatoms. The van der Waals surface area contributed by atoms with Crippen molar-refractivity contribution in [1.82, 2.24) is 0 Å². The molecule has 1 aromatic heterocycles. The molecule has 0 bridgehead atoms. The Morgan fingerprint density at radius 1 is 0.929 bits per heavy atom. The highest BCUT2D eigenvalue weighted by atomic mass is 32.1. The SMILES string of the molecule is Cc1ccc(-c2ccc(-c3ccc(OCC4CC=CC4)c(F)c3F)c(F)c2)s1. The lowest BCUT2D eigenvalue weighted by Crippen LogP contribution is -2.10. The molecule has 1 nitrogen and oxygen atoms in total. The lowest BCUT2D eigenvalue weighted by Gasteiger charge is -2.14. The number of aryl methyl sites for hydroxylation is 1. The summed E-state index contributed by atoms with van der Waals surface area (Å²) in [5.41, 5.74) is 0.629. The van der Waals surface area contributed by atoms with Gasteiger partial charge in [0.15, 0.2) is 11.6 Å². The third-order valence-electron chi connectivity index (χ3n) is 4.91. The van der Waals surface area contributed by atoms with Gasteiger partial charge in [0.05, 0.1) is 6.61 Å². The van der Waals surface area contributed by atoms with Gasteiger partial charge in [0.25, 0.3) is 0 Å². The first-order chi connectivity index (χ1) is 13.5. The molecule has 0 radical (unpaired) electrons. The van der Waals surface area contributed by atoms with E-state index in [1.165, 1.54) is 24.3 Å². The summed E-state index contributed by atoms with van der Waals surface area (Å²) in [7, 11) is 0. The van der Waals surface area contributed by atoms with Crippen LogP contribution in [-0.4, -0.2) is 6.61 Å². The van der Waals surface area contributed by atoms with Gasteiger partial charge in [-0.2, -0.15) is 4.39 Å². The summed E-state index contributed by atoms with van der Waals surface area (Å²) in [6.45, 7) is 2.30. The van der Waals surface area contributed by atoms with E-state index in [1.54, 1.807) is 17.4 Å². The number of thiophene rings is 1. The third kappa shape index (κ3) is 3.72. The fraction of sp³-hybridized carbons (Fsp3) is 0.217. The van der Waals surface area contributed by atoms with Crippen LogP contribution in [0.25, 0.3) is 21.6 Å². The molecule has 0 unspecified atom stereocenters. The van der Waals surface area contributed by atoms with Gasteiger partial charge in [-0.3, -0.25) is 0 Å². The number of hydrogen-bond donors (Lipinski definition) is 0. The Balaban J connectivity index is 1.59. The summed E-state index contributed by atoms with van der Waals surface area (Å²) in [6.07, 6.45) is 5.86. The quantitative estimate of drug-likeness (QED) is 0.413. The van der Waals surface area contributed by atoms with Crippen molar-refractivity contribution < 1.29 is 17.9 Å². The molecule has 3 aromatic rings. The maximum atomic E-state index is 14.7. The average Bonchev–Trinajstić information content (AvgIpc) is 3.35. The van der Waals surface area contributed by atoms with Crippen molar-refractivity contribution in [3.8, 4) is 27.3 Å². The van der Waals surface area contributed by atoms with Crippen molar-refractivity contribution in [3.63, 3.8) is 0 Å². The summed E-state index contributed by atoms with van der Waals surface area (Å²) in [5.74, 6) is -2.62. The summed E-state index contributed by atoms with van der Waals surface area (Å²) in [4.78, 5) is 2.05. The summed E-state index contributed by atoms with van der Waals surface area (Å²) >= 11 is 1.55. The van der Waals surface area contributed by atoms with Crippen LogP contribution in [0.5, 0.6) is 5.75 Å². The van der Waals surface area contributed by atoms with E-state index in [1.807, 2.05) is 19.1 Å². The zero-order chi connectivity index (χ0) is 19.7. The monoisotopic (exact) mass is 400 g/mol. The van der Waals surface area contributed by atoms with Gasteiger partial charge in [-0.1, -0.05) is 24.3 Å². The highest BCUT2D eigenvalue weighted by Crippen LogP contribution is 2.35. The standard InChI is InChI=1S/C23H19F3OS/c1-14-6-11-21(28-14)16-7-8-17(19(24)12-16)18-9-10-20(23(26)22(18)25)27-13-15-4-2-3-5-15/h2-3,6-12,15H,4-5,13H2,1H3. The van der Waals surface area contributed by atoms with E-state index >= 15 is 0 Å². The summed E-state index contributed by atoms with van der Waals surface area (Å²) in [6, 6.07) is 11.2. The first-order valence-corrected chi connectivity index (χ1v) is 9.97. The second kappa shape index (κ2) is 7.84. The molecule has 1 heterocycles. The molecule has 1 aliphatic rings. The second-order valence-corrected chi connectivity index (χ2v) is 8.25. The van der Waals surface area contributed by atoms with Gasteiger partial charge in [0, 0.05) is 20.9 Å². The molecule has 28 heavy (non-hydrogen) atoms. The fourth-order valence-corrected chi connectivity index (χ4v) is 4.21. The van der Waals surface area contributed by atoms with Crippen molar-refractivity contribution in [2.75, 3.05) is 6.61 Å². The van der Waals surface area contributed by atoms with E-state index in [2.05, 4.69) is 12.2 Å². The number of benzene rings is 2. The number of hydrogen-bond acceptors (Lipinski definition) is 2. The predicted octanol–water partition coefficient (Wildman–Crippen LogP) is 7.15. The predicted molar refractivity (Wildman–Crippen MR) is 107 cm³/mol. The fourth-order valence-electron chi connectivity index (χ4n) is 3.35. The molecule has 0 saturated heterocycles. The van der Waals surface area contributed by atoms with Crippen molar-refractivity contribution >= 4 is 11.3 Å². The van der Waals surface area contributed by atoms with E-state index in [4.69, 9.17) is 4.74 Å². The molecule has 0 amide bonds. The molecule has 0 spiro atoms. The first-order valence-electron chi connectivity index (χ1n) is 9.15. The molecule has 0 aliphatic heterocycles. The lowest BCUT2D eigenvalue weighted by atomic mass is 10.0. The van der Waals surface area contributed by atoms with Gasteiger partial charge in [-0.25, -0.2) is 8.78 Å². The molecular weight excluding hydrogens is 381 g/mol. The van der Waals surface area contributed by atoms with Crippen LogP contribution in [0.4, 0.5) is 13.2 Å². The molecular formula is C23H19F3OS. The zero-order valence-electron chi connectivity index (χ0n) is 15.3. The van der Waals surface area contributed by atoms with E-state index in [9.17, 15) is 13.2 Å². The van der Waals surface area contributed by atoms with Crippen LogP contribution in [0.3, 0.4) is 0 Å². The normalized spacial score (nSPS) is 14.0. The van der Waals surface area contributed by atoms with Gasteiger partial charge in [-0.15, -0.1) is 11.3 Å². The minimum Gasteiger partial charge on any atom is -0.490 e. The van der Waals surface area contributed by atoms with Crippen LogP contribution < -0.4 is 4.74 Å². The average molecular weight is 400 g/mol. The Morgan fingerprint density at radius 3 is 2.36 bits per heavy atom. The van der Waals surface area contributed by atoms with Gasteiger partial charge in [0.1, 0.15) is 5.82 Å². The van der Waals surface area contributed by atoms with Gasteiger partial charge < -0.3 is 4.74 Å². The number of allylic oxidation sites excluding steroid dienone is 2. The Hall–Kier alpha value is -2.53. The molecule has 0 fully saturated rings. The number of rotatable bonds is 5. The molecule has 0 N–H and O–H groups in total. The van der Waals surface area contributed by atoms with Crippen LogP contribution in [-0.2, 0) is 0 Å². The third-order valence-corrected chi connectivity index (χ3v) is 5.96. The second-order valence-electron chi connectivity index (χ2n) is 6.96. The van der Waals surface area contributed by atoms with Crippen molar-refractivity contribution in [1.29, 1.82) is 0 Å². The smallest absolute Gasteiger partial charge is 0.201 e. The van der Waals surface area contributed by atoms with Crippen LogP contribution in [0.15, 0.2) is 54.6 Å². The van der Waals surface area contributed by atoms with E-state index in [0.717, 1.165) is 22.6 Å². The van der Waals surface area contributed by atoms with E-state index in [-0.39, 0.29) is 22.8 Å². The zero-order valence-corrected chi connectivity index (χ0v) is 16.2. The van der Waals surface area contributed by atoms with Gasteiger partial charge in [0.2, 0.25) is 5.82 Å². The number of ether oxygens (including phenoxy) is 1. The van der Waals surface area contributed by atoms with E-state index in [0.29, 0.717) is 12.2 Å². The van der Waals surface area contributed by atoms with Gasteiger partial charge in [-0.05, 0) is 61.6 Å². The Kier molecular flexibility index (Phi) is 5.27. The maximum Gasteiger partial charge on any atom is 0.201 e. The van der Waals surface area contributed by atoms with Crippen molar-refractivity contribution in [2.45, 2.75) is 19.8 Å². The highest BCUT2D eigenvalue weighted by molar-refractivity contribution is 7.15. The lowest BCUT2D eigenvalue weighted by molar-refractivity contribution is 0.242. The van der Waals surface area contributed by atoms with E-state index < -0.39 is 17.5 Å². The first kappa shape index (κ1) is 18.8. The van der Waals surface area contributed by atoms with Crippen LogP contribution in [0.1, 0.15) is 17.7 Å². The summed E-state index contributed by atoms with van der Waals surface area (Å²) < 4.78 is 49.2. The largest absolute Gasteiger partial charge is 0.490 e. The molecule has 4 rings (SSSR count). The molecule has 0 saturated carbocycles. The maximum absolute atomic E-state index is 14.7. The van der Waals surface area contributed by atoms with Crippen molar-refractivity contribution in [3.05, 3.63) is 76.9 Å².